The Balaban J connectivity index is 2.49. The van der Waals surface area contributed by atoms with Gasteiger partial charge in [0.25, 0.3) is 10.2 Å². The van der Waals surface area contributed by atoms with Gasteiger partial charge in [-0.3, -0.25) is 0 Å². The smallest absolute Gasteiger partial charge is 0.201 e. The number of hydrogen-bond acceptors (Lipinski definition) is 2. The van der Waals surface area contributed by atoms with E-state index in [1.807, 2.05) is 0 Å². The third-order valence-electron chi connectivity index (χ3n) is 2.51. The average molecular weight is 230 g/mol. The number of piperidine rings is 1. The van der Waals surface area contributed by atoms with Crippen molar-refractivity contribution >= 4 is 10.2 Å². The van der Waals surface area contributed by atoms with Crippen molar-refractivity contribution in [2.75, 3.05) is 19.6 Å². The monoisotopic (exact) mass is 230 g/mol. The standard InChI is InChI=1S/C10H18N2O2S/c1-3-4-7-11-15(13,14)12-8-5-6-10(2)9-12/h1,10-11H,4-9H2,2H3. The van der Waals surface area contributed by atoms with E-state index in [9.17, 15) is 8.42 Å². The molecule has 86 valence electrons. The van der Waals surface area contributed by atoms with Gasteiger partial charge in [-0.05, 0) is 18.8 Å². The third-order valence-corrected chi connectivity index (χ3v) is 4.09. The van der Waals surface area contributed by atoms with Crippen molar-refractivity contribution in [1.82, 2.24) is 9.03 Å². The summed E-state index contributed by atoms with van der Waals surface area (Å²) in [5.41, 5.74) is 0. The zero-order valence-electron chi connectivity index (χ0n) is 9.07. The van der Waals surface area contributed by atoms with Gasteiger partial charge in [0.1, 0.15) is 0 Å². The Bertz CT molecular complexity index is 332. The molecule has 1 aliphatic heterocycles. The van der Waals surface area contributed by atoms with E-state index in [0.717, 1.165) is 12.8 Å². The third kappa shape index (κ3) is 3.82. The lowest BCUT2D eigenvalue weighted by Gasteiger charge is -2.29. The number of hydrogen-bond donors (Lipinski definition) is 1. The second-order valence-electron chi connectivity index (χ2n) is 3.96. The van der Waals surface area contributed by atoms with Crippen LogP contribution in [0.1, 0.15) is 26.2 Å². The second-order valence-corrected chi connectivity index (χ2v) is 5.71. The van der Waals surface area contributed by atoms with Gasteiger partial charge < -0.3 is 0 Å². The topological polar surface area (TPSA) is 49.4 Å². The van der Waals surface area contributed by atoms with Crippen molar-refractivity contribution in [3.8, 4) is 12.3 Å². The SMILES string of the molecule is C#CCCNS(=O)(=O)N1CCCC(C)C1. The van der Waals surface area contributed by atoms with Crippen molar-refractivity contribution in [3.63, 3.8) is 0 Å². The molecule has 1 N–H and O–H groups in total. The van der Waals surface area contributed by atoms with Gasteiger partial charge >= 0.3 is 0 Å². The van der Waals surface area contributed by atoms with Crippen molar-refractivity contribution in [2.24, 2.45) is 5.92 Å². The summed E-state index contributed by atoms with van der Waals surface area (Å²) in [6.07, 6.45) is 7.54. The number of nitrogens with zero attached hydrogens (tertiary/aromatic N) is 1. The molecule has 1 rings (SSSR count). The van der Waals surface area contributed by atoms with Crippen molar-refractivity contribution in [1.29, 1.82) is 0 Å². The van der Waals surface area contributed by atoms with Crippen LogP contribution in [0.5, 0.6) is 0 Å². The molecule has 0 aromatic carbocycles. The average Bonchev–Trinajstić information content (AvgIpc) is 2.18. The summed E-state index contributed by atoms with van der Waals surface area (Å²) in [5.74, 6) is 2.85. The first kappa shape index (κ1) is 12.5. The van der Waals surface area contributed by atoms with Crippen molar-refractivity contribution in [3.05, 3.63) is 0 Å². The normalized spacial score (nSPS) is 23.6. The molecule has 0 bridgehead atoms. The van der Waals surface area contributed by atoms with Gasteiger partial charge in [-0.25, -0.2) is 4.72 Å². The maximum absolute atomic E-state index is 11.8. The van der Waals surface area contributed by atoms with Crippen LogP contribution in [0.15, 0.2) is 0 Å². The van der Waals surface area contributed by atoms with Crippen LogP contribution in [0.25, 0.3) is 0 Å². The predicted octanol–water partition coefficient (Wildman–Crippen LogP) is 0.576. The van der Waals surface area contributed by atoms with E-state index in [-0.39, 0.29) is 0 Å². The highest BCUT2D eigenvalue weighted by Crippen LogP contribution is 2.17. The van der Waals surface area contributed by atoms with E-state index >= 15 is 0 Å². The summed E-state index contributed by atoms with van der Waals surface area (Å²) >= 11 is 0. The number of terminal acetylenes is 1. The molecule has 0 aliphatic carbocycles. The van der Waals surface area contributed by atoms with Crippen LogP contribution in [0.2, 0.25) is 0 Å². The quantitative estimate of drug-likeness (QED) is 0.567. The Hall–Kier alpha value is -0.570. The zero-order valence-corrected chi connectivity index (χ0v) is 9.89. The Morgan fingerprint density at radius 1 is 1.60 bits per heavy atom. The maximum atomic E-state index is 11.8. The molecule has 1 unspecified atom stereocenters. The van der Waals surface area contributed by atoms with Gasteiger partial charge in [-0.1, -0.05) is 6.92 Å². The van der Waals surface area contributed by atoms with Gasteiger partial charge in [0.2, 0.25) is 0 Å². The Labute approximate surface area is 92.2 Å². The fraction of sp³-hybridized carbons (Fsp3) is 0.800. The highest BCUT2D eigenvalue weighted by Gasteiger charge is 2.26. The zero-order chi connectivity index (χ0) is 11.3. The van der Waals surface area contributed by atoms with Crippen LogP contribution < -0.4 is 4.72 Å². The van der Waals surface area contributed by atoms with E-state index in [0.29, 0.717) is 32.0 Å². The van der Waals surface area contributed by atoms with Gasteiger partial charge in [0, 0.05) is 26.1 Å². The highest BCUT2D eigenvalue weighted by molar-refractivity contribution is 7.87. The van der Waals surface area contributed by atoms with E-state index in [1.54, 1.807) is 0 Å². The molecule has 0 aromatic rings. The van der Waals surface area contributed by atoms with Crippen LogP contribution in [-0.4, -0.2) is 32.4 Å². The predicted molar refractivity (Wildman–Crippen MR) is 60.3 cm³/mol. The van der Waals surface area contributed by atoms with Crippen LogP contribution in [0.3, 0.4) is 0 Å². The lowest BCUT2D eigenvalue weighted by Crippen LogP contribution is -2.45. The Kier molecular flexibility index (Phi) is 4.58. The van der Waals surface area contributed by atoms with Gasteiger partial charge in [0.05, 0.1) is 0 Å². The molecule has 1 fully saturated rings. The minimum atomic E-state index is -3.30. The lowest BCUT2D eigenvalue weighted by atomic mass is 10.0. The van der Waals surface area contributed by atoms with Gasteiger partial charge in [-0.2, -0.15) is 12.7 Å². The molecular weight excluding hydrogens is 212 g/mol. The van der Waals surface area contributed by atoms with Crippen LogP contribution in [0.4, 0.5) is 0 Å². The molecule has 15 heavy (non-hydrogen) atoms. The Morgan fingerprint density at radius 3 is 2.93 bits per heavy atom. The minimum absolute atomic E-state index is 0.323. The fourth-order valence-corrected chi connectivity index (χ4v) is 3.07. The first-order chi connectivity index (χ1) is 7.06. The summed E-state index contributed by atoms with van der Waals surface area (Å²) in [6.45, 7) is 3.63. The number of rotatable bonds is 4. The minimum Gasteiger partial charge on any atom is -0.201 e. The molecule has 0 saturated carbocycles. The molecule has 0 aromatic heterocycles. The van der Waals surface area contributed by atoms with E-state index in [2.05, 4.69) is 17.6 Å². The van der Waals surface area contributed by atoms with Gasteiger partial charge in [0.15, 0.2) is 0 Å². The summed E-state index contributed by atoms with van der Waals surface area (Å²) in [4.78, 5) is 0. The second kappa shape index (κ2) is 5.50. The summed E-state index contributed by atoms with van der Waals surface area (Å²) in [7, 11) is -3.30. The van der Waals surface area contributed by atoms with E-state index in [4.69, 9.17) is 6.42 Å². The van der Waals surface area contributed by atoms with Crippen LogP contribution in [-0.2, 0) is 10.2 Å². The van der Waals surface area contributed by atoms with E-state index in [1.165, 1.54) is 4.31 Å². The van der Waals surface area contributed by atoms with Crippen molar-refractivity contribution in [2.45, 2.75) is 26.2 Å². The van der Waals surface area contributed by atoms with E-state index < -0.39 is 10.2 Å². The van der Waals surface area contributed by atoms with Crippen LogP contribution in [0, 0.1) is 18.3 Å². The Morgan fingerprint density at radius 2 is 2.33 bits per heavy atom. The largest absolute Gasteiger partial charge is 0.279 e. The van der Waals surface area contributed by atoms with Crippen molar-refractivity contribution < 1.29 is 8.42 Å². The summed E-state index contributed by atoms with van der Waals surface area (Å²) < 4.78 is 27.5. The molecule has 1 heterocycles. The molecule has 0 radical (unpaired) electrons. The molecule has 1 saturated heterocycles. The molecule has 0 spiro atoms. The first-order valence-electron chi connectivity index (χ1n) is 5.24. The molecule has 5 heteroatoms. The fourth-order valence-electron chi connectivity index (χ4n) is 1.71. The maximum Gasteiger partial charge on any atom is 0.279 e. The molecule has 0 amide bonds. The lowest BCUT2D eigenvalue weighted by molar-refractivity contribution is 0.278. The summed E-state index contributed by atoms with van der Waals surface area (Å²) in [6, 6.07) is 0. The first-order valence-corrected chi connectivity index (χ1v) is 6.68. The summed E-state index contributed by atoms with van der Waals surface area (Å²) in [5, 5.41) is 0. The van der Waals surface area contributed by atoms with Crippen LogP contribution >= 0.6 is 0 Å². The van der Waals surface area contributed by atoms with Gasteiger partial charge in [-0.15, -0.1) is 12.3 Å². The molecule has 1 aliphatic rings. The highest BCUT2D eigenvalue weighted by atomic mass is 32.2. The number of nitrogens with one attached hydrogen (secondary N) is 1. The molecule has 4 nitrogen and oxygen atoms in total. The molecule has 1 atom stereocenters. The molecular formula is C10H18N2O2S.